The Bertz CT molecular complexity index is 1600. The highest BCUT2D eigenvalue weighted by atomic mass is 16.6. The second-order valence-corrected chi connectivity index (χ2v) is 13.6. The van der Waals surface area contributed by atoms with E-state index in [1.54, 1.807) is 0 Å². The van der Waals surface area contributed by atoms with Crippen molar-refractivity contribution < 1.29 is 52.7 Å². The lowest BCUT2D eigenvalue weighted by molar-refractivity contribution is -0.149. The van der Waals surface area contributed by atoms with Crippen LogP contribution in [0.1, 0.15) is 93.4 Å². The SMILES string of the molecule is C/C=C/[C@@H]1[C@H]2c3cccc(CCCC(=O)OC)c3O[C@H]2C[C@H]1OC(C)=O.COC(=O)CCCc1cccc2c1O[C@H]1C[C@@H](OC(C)=O)[C@H](CO)[C@@H]21. The molecule has 0 aromatic heterocycles. The number of hydrogen-bond acceptors (Lipinski definition) is 11. The van der Waals surface area contributed by atoms with E-state index in [2.05, 4.69) is 22.9 Å². The number of esters is 4. The van der Waals surface area contributed by atoms with Crippen molar-refractivity contribution in [1.82, 2.24) is 0 Å². The second kappa shape index (κ2) is 17.2. The number of methoxy groups -OCH3 is 2. The molecule has 11 heteroatoms. The van der Waals surface area contributed by atoms with Crippen LogP contribution >= 0.6 is 0 Å². The molecular weight excluding hydrogens is 656 g/mol. The van der Waals surface area contributed by atoms with E-state index >= 15 is 0 Å². The summed E-state index contributed by atoms with van der Waals surface area (Å²) in [4.78, 5) is 45.3. The molecule has 2 aliphatic heterocycles. The van der Waals surface area contributed by atoms with Crippen LogP contribution in [-0.2, 0) is 51.0 Å². The van der Waals surface area contributed by atoms with Gasteiger partial charge in [-0.05, 0) is 43.7 Å². The minimum absolute atomic E-state index is 0.0253. The van der Waals surface area contributed by atoms with E-state index in [0.717, 1.165) is 47.5 Å². The van der Waals surface area contributed by atoms with E-state index in [4.69, 9.17) is 23.7 Å². The van der Waals surface area contributed by atoms with Crippen LogP contribution in [-0.4, -0.2) is 74.2 Å². The topological polar surface area (TPSA) is 144 Å². The number of ether oxygens (including phenoxy) is 6. The lowest BCUT2D eigenvalue weighted by Crippen LogP contribution is -2.26. The van der Waals surface area contributed by atoms with E-state index in [-0.39, 0.29) is 78.6 Å². The average Bonchev–Trinajstić information content (AvgIpc) is 3.83. The maximum Gasteiger partial charge on any atom is 0.305 e. The molecule has 2 heterocycles. The number of hydrogen-bond donors (Lipinski definition) is 1. The summed E-state index contributed by atoms with van der Waals surface area (Å²) in [5.41, 5.74) is 4.44. The molecule has 11 nitrogen and oxygen atoms in total. The highest BCUT2D eigenvalue weighted by molar-refractivity contribution is 5.69. The molecule has 2 saturated carbocycles. The third kappa shape index (κ3) is 8.57. The van der Waals surface area contributed by atoms with Crippen molar-refractivity contribution in [2.24, 2.45) is 11.8 Å². The number of aliphatic hydroxyl groups excluding tert-OH is 1. The fourth-order valence-corrected chi connectivity index (χ4v) is 8.30. The minimum atomic E-state index is -0.333. The van der Waals surface area contributed by atoms with E-state index in [1.807, 2.05) is 37.3 Å². The Kier molecular flexibility index (Phi) is 12.8. The van der Waals surface area contributed by atoms with Crippen LogP contribution < -0.4 is 9.47 Å². The summed E-state index contributed by atoms with van der Waals surface area (Å²) in [6.07, 6.45) is 8.64. The number of allylic oxidation sites excluding steroid dienone is 1. The van der Waals surface area contributed by atoms with Gasteiger partial charge >= 0.3 is 23.9 Å². The van der Waals surface area contributed by atoms with Gasteiger partial charge < -0.3 is 33.5 Å². The number of rotatable bonds is 12. The molecule has 0 spiro atoms. The molecule has 2 aromatic rings. The van der Waals surface area contributed by atoms with Gasteiger partial charge in [-0.15, -0.1) is 0 Å². The summed E-state index contributed by atoms with van der Waals surface area (Å²) in [6.45, 7) is 4.78. The zero-order chi connectivity index (χ0) is 36.7. The van der Waals surface area contributed by atoms with Crippen molar-refractivity contribution >= 4 is 23.9 Å². The Labute approximate surface area is 299 Å². The molecule has 1 N–H and O–H groups in total. The first kappa shape index (κ1) is 37.9. The molecule has 2 fully saturated rings. The van der Waals surface area contributed by atoms with Crippen LogP contribution in [0.2, 0.25) is 0 Å². The normalized spacial score (nSPS) is 26.4. The Balaban J connectivity index is 0.000000198. The van der Waals surface area contributed by atoms with E-state index in [0.29, 0.717) is 32.1 Å². The van der Waals surface area contributed by atoms with Crippen LogP contribution in [0, 0.1) is 11.8 Å². The standard InChI is InChI=1S/C21H26O5.C19H24O6/c1-4-7-15-17(25-13(2)22)12-18-20(15)16-10-5-8-14(21(16)26-18)9-6-11-19(23)24-3;1-11(21)24-15-9-16-18(14(15)10-20)13-7-3-5-12(19(13)25-16)6-4-8-17(22)23-2/h4-5,7-8,10,15,17-18,20H,6,9,11-12H2,1-3H3;3,5,7,14-16,18,20H,4,6,8-10H2,1-2H3/b7-4+;/t15-,17+,18-,20-;14-,15+,16-,18+/m00/s1. The van der Waals surface area contributed by atoms with Crippen molar-refractivity contribution in [2.75, 3.05) is 20.8 Å². The van der Waals surface area contributed by atoms with Gasteiger partial charge in [-0.1, -0.05) is 48.6 Å². The smallest absolute Gasteiger partial charge is 0.305 e. The molecule has 2 aromatic carbocycles. The van der Waals surface area contributed by atoms with Gasteiger partial charge in [0.15, 0.2) is 0 Å². The summed E-state index contributed by atoms with van der Waals surface area (Å²) in [7, 11) is 2.80. The molecule has 0 radical (unpaired) electrons. The summed E-state index contributed by atoms with van der Waals surface area (Å²) < 4.78 is 32.8. The first-order valence-electron chi connectivity index (χ1n) is 17.9. The summed E-state index contributed by atoms with van der Waals surface area (Å²) in [6, 6.07) is 12.2. The van der Waals surface area contributed by atoms with E-state index in [1.165, 1.54) is 33.6 Å². The number of aliphatic hydroxyl groups is 1. The number of para-hydroxylation sites is 2. The van der Waals surface area contributed by atoms with E-state index < -0.39 is 0 Å². The van der Waals surface area contributed by atoms with Crippen molar-refractivity contribution in [1.29, 1.82) is 0 Å². The first-order valence-corrected chi connectivity index (χ1v) is 17.9. The van der Waals surface area contributed by atoms with Crippen molar-refractivity contribution in [2.45, 2.75) is 108 Å². The molecule has 0 amide bonds. The van der Waals surface area contributed by atoms with Gasteiger partial charge in [0.05, 0.1) is 20.8 Å². The summed E-state index contributed by atoms with van der Waals surface area (Å²) in [5, 5.41) is 9.82. The lowest BCUT2D eigenvalue weighted by Gasteiger charge is -2.21. The van der Waals surface area contributed by atoms with Gasteiger partial charge in [-0.2, -0.15) is 0 Å². The third-order valence-electron chi connectivity index (χ3n) is 10.4. The Hall–Kier alpha value is -4.38. The van der Waals surface area contributed by atoms with Gasteiger partial charge in [0.25, 0.3) is 0 Å². The van der Waals surface area contributed by atoms with Crippen molar-refractivity contribution in [3.8, 4) is 11.5 Å². The highest BCUT2D eigenvalue weighted by Gasteiger charge is 2.52. The number of fused-ring (bicyclic) bond motifs is 6. The molecule has 0 unspecified atom stereocenters. The molecule has 6 rings (SSSR count). The molecule has 4 aliphatic rings. The predicted molar refractivity (Wildman–Crippen MR) is 186 cm³/mol. The number of carbonyl (C=O) groups is 4. The maximum atomic E-state index is 11.4. The van der Waals surface area contributed by atoms with Crippen LogP contribution in [0.25, 0.3) is 0 Å². The van der Waals surface area contributed by atoms with Gasteiger partial charge in [0, 0.05) is 74.3 Å². The minimum Gasteiger partial charge on any atom is -0.489 e. The molecule has 0 saturated heterocycles. The quantitative estimate of drug-likeness (QED) is 0.169. The fourth-order valence-electron chi connectivity index (χ4n) is 8.30. The molecule has 2 aliphatic carbocycles. The van der Waals surface area contributed by atoms with Crippen LogP contribution in [0.15, 0.2) is 48.6 Å². The monoisotopic (exact) mass is 706 g/mol. The lowest BCUT2D eigenvalue weighted by atomic mass is 9.86. The van der Waals surface area contributed by atoms with Gasteiger partial charge in [-0.25, -0.2) is 0 Å². The molecular formula is C40H50O11. The van der Waals surface area contributed by atoms with Crippen LogP contribution in [0.4, 0.5) is 0 Å². The number of carbonyl (C=O) groups excluding carboxylic acids is 4. The highest BCUT2D eigenvalue weighted by Crippen LogP contribution is 2.53. The molecule has 0 bridgehead atoms. The zero-order valence-electron chi connectivity index (χ0n) is 30.1. The fraction of sp³-hybridized carbons (Fsp3) is 0.550. The largest absolute Gasteiger partial charge is 0.489 e. The van der Waals surface area contributed by atoms with Gasteiger partial charge in [0.2, 0.25) is 0 Å². The van der Waals surface area contributed by atoms with Crippen molar-refractivity contribution in [3.63, 3.8) is 0 Å². The van der Waals surface area contributed by atoms with Gasteiger partial charge in [0.1, 0.15) is 35.9 Å². The number of benzene rings is 2. The Morgan fingerprint density at radius 3 is 1.75 bits per heavy atom. The zero-order valence-corrected chi connectivity index (χ0v) is 30.1. The second-order valence-electron chi connectivity index (χ2n) is 13.6. The molecule has 276 valence electrons. The molecule has 8 atom stereocenters. The Morgan fingerprint density at radius 1 is 0.765 bits per heavy atom. The van der Waals surface area contributed by atoms with E-state index in [9.17, 15) is 24.3 Å². The third-order valence-corrected chi connectivity index (χ3v) is 10.4. The Morgan fingerprint density at radius 2 is 1.25 bits per heavy atom. The number of aryl methyl sites for hydroxylation is 2. The summed E-state index contributed by atoms with van der Waals surface area (Å²) in [5.74, 6) is 1.03. The van der Waals surface area contributed by atoms with Crippen LogP contribution in [0.5, 0.6) is 11.5 Å². The van der Waals surface area contributed by atoms with Gasteiger partial charge in [-0.3, -0.25) is 19.2 Å². The predicted octanol–water partition coefficient (Wildman–Crippen LogP) is 5.53. The average molecular weight is 707 g/mol. The first-order chi connectivity index (χ1) is 24.6. The van der Waals surface area contributed by atoms with Crippen molar-refractivity contribution in [3.05, 3.63) is 70.8 Å². The summed E-state index contributed by atoms with van der Waals surface area (Å²) >= 11 is 0. The van der Waals surface area contributed by atoms with Crippen LogP contribution in [0.3, 0.4) is 0 Å². The maximum absolute atomic E-state index is 11.4. The molecule has 51 heavy (non-hydrogen) atoms.